The molecule has 1 heterocycles. The van der Waals surface area contributed by atoms with E-state index in [4.69, 9.17) is 11.6 Å². The van der Waals surface area contributed by atoms with Crippen molar-refractivity contribution in [1.82, 2.24) is 0 Å². The predicted octanol–water partition coefficient (Wildman–Crippen LogP) is 3.56. The number of carbonyl (C=O) groups excluding carboxylic acids is 1. The first-order valence-electron chi connectivity index (χ1n) is 4.47. The Kier molecular flexibility index (Phi) is 3.38. The summed E-state index contributed by atoms with van der Waals surface area (Å²) in [6, 6.07) is 5.73. The van der Waals surface area contributed by atoms with Crippen molar-refractivity contribution in [2.75, 3.05) is 11.4 Å². The highest BCUT2D eigenvalue weighted by Crippen LogP contribution is 2.30. The number of carbonyl (C=O) groups is 1. The van der Waals surface area contributed by atoms with Crippen LogP contribution in [0.15, 0.2) is 27.1 Å². The highest BCUT2D eigenvalue weighted by molar-refractivity contribution is 9.13. The lowest BCUT2D eigenvalue weighted by Crippen LogP contribution is -2.24. The van der Waals surface area contributed by atoms with Crippen molar-refractivity contribution in [1.29, 1.82) is 0 Å². The first-order chi connectivity index (χ1) is 7.08. The fourth-order valence-electron chi connectivity index (χ4n) is 1.57. The van der Waals surface area contributed by atoms with Crippen LogP contribution in [-0.4, -0.2) is 17.8 Å². The summed E-state index contributed by atoms with van der Waals surface area (Å²) in [6.45, 7) is 0.592. The Bertz CT molecular complexity index is 410. The molecule has 0 aliphatic carbocycles. The number of anilines is 1. The van der Waals surface area contributed by atoms with Crippen molar-refractivity contribution >= 4 is 55.1 Å². The maximum Gasteiger partial charge on any atom is 0.228 e. The van der Waals surface area contributed by atoms with Gasteiger partial charge in [0, 0.05) is 27.6 Å². The lowest BCUT2D eigenvalue weighted by molar-refractivity contribution is -0.117. The highest BCUT2D eigenvalue weighted by atomic mass is 79.9. The molecule has 0 radical (unpaired) electrons. The van der Waals surface area contributed by atoms with Crippen molar-refractivity contribution < 1.29 is 4.79 Å². The van der Waals surface area contributed by atoms with Crippen molar-refractivity contribution in [3.05, 3.63) is 27.1 Å². The van der Waals surface area contributed by atoms with Crippen LogP contribution in [0.1, 0.15) is 6.42 Å². The van der Waals surface area contributed by atoms with Gasteiger partial charge in [-0.25, -0.2) is 0 Å². The number of nitrogens with zero attached hydrogens (tertiary/aromatic N) is 1. The van der Waals surface area contributed by atoms with Gasteiger partial charge in [-0.05, 0) is 50.1 Å². The molecular weight excluding hydrogens is 345 g/mol. The number of halogens is 3. The fraction of sp³-hybridized carbons (Fsp3) is 0.300. The van der Waals surface area contributed by atoms with Crippen LogP contribution in [0.2, 0.25) is 0 Å². The van der Waals surface area contributed by atoms with Gasteiger partial charge in [0.1, 0.15) is 0 Å². The third-order valence-electron chi connectivity index (χ3n) is 2.29. The van der Waals surface area contributed by atoms with E-state index >= 15 is 0 Å². The highest BCUT2D eigenvalue weighted by Gasteiger charge is 2.29. The van der Waals surface area contributed by atoms with Gasteiger partial charge in [0.25, 0.3) is 0 Å². The lowest BCUT2D eigenvalue weighted by atomic mass is 10.3. The third kappa shape index (κ3) is 2.37. The zero-order valence-electron chi connectivity index (χ0n) is 7.71. The molecule has 0 aromatic heterocycles. The maximum atomic E-state index is 11.6. The maximum absolute atomic E-state index is 11.6. The number of hydrogen-bond donors (Lipinski definition) is 0. The predicted molar refractivity (Wildman–Crippen MR) is 68.5 cm³/mol. The normalized spacial score (nSPS) is 21.1. The molecule has 2 rings (SSSR count). The summed E-state index contributed by atoms with van der Waals surface area (Å²) in [6.07, 6.45) is 0.426. The minimum atomic E-state index is -0.0695. The molecule has 1 aliphatic heterocycles. The molecule has 1 saturated heterocycles. The smallest absolute Gasteiger partial charge is 0.228 e. The monoisotopic (exact) mass is 351 g/mol. The summed E-state index contributed by atoms with van der Waals surface area (Å²) in [7, 11) is 0. The second-order valence-corrected chi connectivity index (χ2v) is 5.73. The lowest BCUT2D eigenvalue weighted by Gasteiger charge is -2.16. The van der Waals surface area contributed by atoms with E-state index in [9.17, 15) is 4.79 Å². The molecule has 1 fully saturated rings. The summed E-state index contributed by atoms with van der Waals surface area (Å²) in [5, 5.41) is -0.0695. The van der Waals surface area contributed by atoms with Gasteiger partial charge in [-0.15, -0.1) is 11.6 Å². The van der Waals surface area contributed by atoms with Gasteiger partial charge in [-0.2, -0.15) is 0 Å². The Morgan fingerprint density at radius 2 is 2.07 bits per heavy atom. The number of alkyl halides is 1. The van der Waals surface area contributed by atoms with Crippen molar-refractivity contribution in [2.45, 2.75) is 11.8 Å². The van der Waals surface area contributed by atoms with E-state index in [1.807, 2.05) is 18.2 Å². The molecule has 5 heteroatoms. The summed E-state index contributed by atoms with van der Waals surface area (Å²) in [5.74, 6) is 0.0872. The molecule has 80 valence electrons. The largest absolute Gasteiger partial charge is 0.311 e. The van der Waals surface area contributed by atoms with Gasteiger partial charge in [-0.1, -0.05) is 0 Å². The average Bonchev–Trinajstić information content (AvgIpc) is 2.50. The van der Waals surface area contributed by atoms with Crippen LogP contribution < -0.4 is 4.90 Å². The van der Waals surface area contributed by atoms with E-state index in [1.165, 1.54) is 0 Å². The first-order valence-corrected chi connectivity index (χ1v) is 6.49. The van der Waals surface area contributed by atoms with Gasteiger partial charge in [-0.3, -0.25) is 4.79 Å². The van der Waals surface area contributed by atoms with Gasteiger partial charge >= 0.3 is 0 Å². The van der Waals surface area contributed by atoms with Crippen LogP contribution in [0, 0.1) is 0 Å². The van der Waals surface area contributed by atoms with Crippen LogP contribution in [-0.2, 0) is 4.79 Å². The first kappa shape index (κ1) is 11.4. The number of benzene rings is 1. The molecule has 2 nitrogen and oxygen atoms in total. The topological polar surface area (TPSA) is 20.3 Å². The molecule has 0 bridgehead atoms. The molecule has 0 N–H and O–H groups in total. The second-order valence-electron chi connectivity index (χ2n) is 3.40. The molecule has 1 unspecified atom stereocenters. The second kappa shape index (κ2) is 4.44. The SMILES string of the molecule is O=C1CC(Cl)CN1c1ccc(Br)c(Br)c1. The van der Waals surface area contributed by atoms with E-state index in [2.05, 4.69) is 31.9 Å². The van der Waals surface area contributed by atoms with E-state index in [0.717, 1.165) is 14.6 Å². The number of hydrogen-bond acceptors (Lipinski definition) is 1. The Morgan fingerprint density at radius 1 is 1.33 bits per heavy atom. The van der Waals surface area contributed by atoms with E-state index in [-0.39, 0.29) is 11.3 Å². The molecule has 0 spiro atoms. The molecule has 1 aromatic carbocycles. The fourth-order valence-corrected chi connectivity index (χ4v) is 2.45. The molecule has 15 heavy (non-hydrogen) atoms. The molecule has 1 aromatic rings. The molecule has 1 aliphatic rings. The zero-order chi connectivity index (χ0) is 11.0. The van der Waals surface area contributed by atoms with Gasteiger partial charge in [0.05, 0.1) is 5.38 Å². The van der Waals surface area contributed by atoms with E-state index in [1.54, 1.807) is 4.90 Å². The number of rotatable bonds is 1. The van der Waals surface area contributed by atoms with Crippen molar-refractivity contribution in [3.63, 3.8) is 0 Å². The van der Waals surface area contributed by atoms with Crippen LogP contribution in [0.5, 0.6) is 0 Å². The van der Waals surface area contributed by atoms with Crippen LogP contribution in [0.25, 0.3) is 0 Å². The average molecular weight is 353 g/mol. The zero-order valence-corrected chi connectivity index (χ0v) is 11.6. The Labute approximate surface area is 110 Å². The Balaban J connectivity index is 2.30. The van der Waals surface area contributed by atoms with E-state index < -0.39 is 0 Å². The van der Waals surface area contributed by atoms with Gasteiger partial charge in [0.15, 0.2) is 0 Å². The minimum Gasteiger partial charge on any atom is -0.311 e. The summed E-state index contributed by atoms with van der Waals surface area (Å²) < 4.78 is 1.91. The summed E-state index contributed by atoms with van der Waals surface area (Å²) >= 11 is 12.7. The summed E-state index contributed by atoms with van der Waals surface area (Å²) in [5.41, 5.74) is 0.887. The standard InChI is InChI=1S/C10H8Br2ClNO/c11-8-2-1-7(4-9(8)12)14-5-6(13)3-10(14)15/h1-2,4,6H,3,5H2. The third-order valence-corrected chi connectivity index (χ3v) is 4.46. The quantitative estimate of drug-likeness (QED) is 0.707. The summed E-state index contributed by atoms with van der Waals surface area (Å²) in [4.78, 5) is 13.3. The van der Waals surface area contributed by atoms with Gasteiger partial charge < -0.3 is 4.90 Å². The van der Waals surface area contributed by atoms with Gasteiger partial charge in [0.2, 0.25) is 5.91 Å². The molecule has 1 atom stereocenters. The van der Waals surface area contributed by atoms with Crippen LogP contribution >= 0.6 is 43.5 Å². The number of amides is 1. The molecule has 0 saturated carbocycles. The Morgan fingerprint density at radius 3 is 2.60 bits per heavy atom. The molecule has 1 amide bonds. The van der Waals surface area contributed by atoms with Crippen LogP contribution in [0.3, 0.4) is 0 Å². The van der Waals surface area contributed by atoms with Crippen molar-refractivity contribution in [2.24, 2.45) is 0 Å². The Hall–Kier alpha value is -0.0600. The van der Waals surface area contributed by atoms with Crippen molar-refractivity contribution in [3.8, 4) is 0 Å². The molecular formula is C10H8Br2ClNO. The van der Waals surface area contributed by atoms with E-state index in [0.29, 0.717) is 13.0 Å². The van der Waals surface area contributed by atoms with Crippen LogP contribution in [0.4, 0.5) is 5.69 Å². The minimum absolute atomic E-state index is 0.0695.